The summed E-state index contributed by atoms with van der Waals surface area (Å²) < 4.78 is 6.08. The molecule has 134 valence electrons. The van der Waals surface area contributed by atoms with Crippen molar-refractivity contribution < 1.29 is 9.53 Å². The van der Waals surface area contributed by atoms with Gasteiger partial charge in [-0.3, -0.25) is 4.79 Å². The third-order valence-electron chi connectivity index (χ3n) is 5.04. The summed E-state index contributed by atoms with van der Waals surface area (Å²) in [6.45, 7) is 7.35. The monoisotopic (exact) mass is 348 g/mol. The molecule has 0 saturated carbocycles. The molecule has 1 fully saturated rings. The third-order valence-corrected chi connectivity index (χ3v) is 5.04. The summed E-state index contributed by atoms with van der Waals surface area (Å²) in [5.41, 5.74) is 5.16. The maximum Gasteiger partial charge on any atom is 0.270 e. The number of morpholine rings is 1. The van der Waals surface area contributed by atoms with Crippen molar-refractivity contribution in [3.8, 4) is 0 Å². The zero-order valence-corrected chi connectivity index (χ0v) is 15.5. The van der Waals surface area contributed by atoms with E-state index in [4.69, 9.17) is 4.74 Å². The van der Waals surface area contributed by atoms with Gasteiger partial charge in [-0.25, -0.2) is 0 Å². The highest BCUT2D eigenvalue weighted by Crippen LogP contribution is 2.27. The summed E-state index contributed by atoms with van der Waals surface area (Å²) in [4.78, 5) is 18.3. The highest BCUT2D eigenvalue weighted by Gasteiger charge is 2.30. The first kappa shape index (κ1) is 16.9. The Hall–Kier alpha value is -2.59. The Morgan fingerprint density at radius 2 is 1.88 bits per heavy atom. The van der Waals surface area contributed by atoms with E-state index in [9.17, 15) is 4.79 Å². The van der Waals surface area contributed by atoms with E-state index in [1.165, 1.54) is 11.1 Å². The molecule has 1 aromatic heterocycles. The average molecular weight is 348 g/mol. The number of amides is 1. The summed E-state index contributed by atoms with van der Waals surface area (Å²) in [6, 6.07) is 16.3. The van der Waals surface area contributed by atoms with Crippen LogP contribution in [0.5, 0.6) is 0 Å². The van der Waals surface area contributed by atoms with Gasteiger partial charge in [0.1, 0.15) is 11.8 Å². The SMILES string of the molecule is Cc1cc(C)c2cc(C(=O)N3CC(C)OC(c4ccccc4)C3)[nH]c2c1. The standard InChI is InChI=1S/C22H24N2O2/c1-14-9-15(2)18-11-20(23-19(18)10-14)22(25)24-12-16(3)26-21(13-24)17-7-5-4-6-8-17/h4-11,16,21,23H,12-13H2,1-3H3. The highest BCUT2D eigenvalue weighted by molar-refractivity contribution is 5.99. The molecule has 1 aliphatic rings. The molecule has 0 aliphatic carbocycles. The third kappa shape index (κ3) is 3.13. The lowest BCUT2D eigenvalue weighted by molar-refractivity contribution is -0.0692. The molecule has 1 aliphatic heterocycles. The quantitative estimate of drug-likeness (QED) is 0.747. The highest BCUT2D eigenvalue weighted by atomic mass is 16.5. The number of fused-ring (bicyclic) bond motifs is 1. The number of nitrogens with zero attached hydrogens (tertiary/aromatic N) is 1. The van der Waals surface area contributed by atoms with Crippen molar-refractivity contribution >= 4 is 16.8 Å². The molecule has 1 N–H and O–H groups in total. The van der Waals surface area contributed by atoms with Gasteiger partial charge in [0.2, 0.25) is 0 Å². The Bertz CT molecular complexity index is 945. The summed E-state index contributed by atoms with van der Waals surface area (Å²) in [6.07, 6.45) is -0.0801. The maximum atomic E-state index is 13.1. The van der Waals surface area contributed by atoms with Gasteiger partial charge in [-0.2, -0.15) is 0 Å². The molecule has 2 heterocycles. The predicted molar refractivity (Wildman–Crippen MR) is 103 cm³/mol. The Morgan fingerprint density at radius 1 is 1.12 bits per heavy atom. The number of aryl methyl sites for hydroxylation is 2. The van der Waals surface area contributed by atoms with Gasteiger partial charge in [0.05, 0.1) is 12.6 Å². The van der Waals surface area contributed by atoms with Crippen LogP contribution in [0, 0.1) is 13.8 Å². The van der Waals surface area contributed by atoms with Gasteiger partial charge in [0.15, 0.2) is 0 Å². The van der Waals surface area contributed by atoms with Crippen LogP contribution in [0.15, 0.2) is 48.5 Å². The number of nitrogens with one attached hydrogen (secondary N) is 1. The molecule has 0 radical (unpaired) electrons. The molecule has 0 spiro atoms. The number of aromatic nitrogens is 1. The minimum atomic E-state index is -0.0859. The van der Waals surface area contributed by atoms with Crippen molar-refractivity contribution in [2.24, 2.45) is 0 Å². The molecule has 2 atom stereocenters. The fourth-order valence-corrected chi connectivity index (χ4v) is 3.85. The van der Waals surface area contributed by atoms with Gasteiger partial charge < -0.3 is 14.6 Å². The number of carbonyl (C=O) groups is 1. The van der Waals surface area contributed by atoms with E-state index in [2.05, 4.69) is 43.1 Å². The molecular formula is C22H24N2O2. The summed E-state index contributed by atoms with van der Waals surface area (Å²) in [7, 11) is 0. The molecule has 2 aromatic carbocycles. The predicted octanol–water partition coefficient (Wildman–Crippen LogP) is 4.39. The van der Waals surface area contributed by atoms with Crippen LogP contribution in [0.3, 0.4) is 0 Å². The van der Waals surface area contributed by atoms with E-state index in [1.807, 2.05) is 36.1 Å². The van der Waals surface area contributed by atoms with Crippen LogP contribution >= 0.6 is 0 Å². The number of hydrogen-bond donors (Lipinski definition) is 1. The van der Waals surface area contributed by atoms with Gasteiger partial charge in [0.25, 0.3) is 5.91 Å². The number of aromatic amines is 1. The molecule has 4 nitrogen and oxygen atoms in total. The Morgan fingerprint density at radius 3 is 2.65 bits per heavy atom. The second-order valence-corrected chi connectivity index (χ2v) is 7.28. The fraction of sp³-hybridized carbons (Fsp3) is 0.318. The zero-order chi connectivity index (χ0) is 18.3. The van der Waals surface area contributed by atoms with E-state index in [1.54, 1.807) is 0 Å². The number of ether oxygens (including phenoxy) is 1. The normalized spacial score (nSPS) is 20.5. The van der Waals surface area contributed by atoms with E-state index in [0.29, 0.717) is 18.8 Å². The van der Waals surface area contributed by atoms with E-state index in [-0.39, 0.29) is 18.1 Å². The molecule has 2 unspecified atom stereocenters. The number of carbonyl (C=O) groups excluding carboxylic acids is 1. The summed E-state index contributed by atoms with van der Waals surface area (Å²) >= 11 is 0. The van der Waals surface area contributed by atoms with Crippen LogP contribution in [-0.2, 0) is 4.74 Å². The second-order valence-electron chi connectivity index (χ2n) is 7.28. The number of H-pyrrole nitrogens is 1. The van der Waals surface area contributed by atoms with Crippen LogP contribution in [0.4, 0.5) is 0 Å². The lowest BCUT2D eigenvalue weighted by Gasteiger charge is -2.36. The molecule has 4 rings (SSSR count). The summed E-state index contributed by atoms with van der Waals surface area (Å²) in [5.74, 6) is 0.0364. The number of rotatable bonds is 2. The molecule has 3 aromatic rings. The smallest absolute Gasteiger partial charge is 0.270 e. The molecule has 1 saturated heterocycles. The van der Waals surface area contributed by atoms with Crippen molar-refractivity contribution in [3.63, 3.8) is 0 Å². The van der Waals surface area contributed by atoms with E-state index >= 15 is 0 Å². The van der Waals surface area contributed by atoms with Crippen molar-refractivity contribution in [1.82, 2.24) is 9.88 Å². The first-order valence-electron chi connectivity index (χ1n) is 9.11. The van der Waals surface area contributed by atoms with Gasteiger partial charge in [-0.05, 0) is 49.6 Å². The lowest BCUT2D eigenvalue weighted by Crippen LogP contribution is -2.46. The Kier molecular flexibility index (Phi) is 4.29. The zero-order valence-electron chi connectivity index (χ0n) is 15.5. The average Bonchev–Trinajstić information content (AvgIpc) is 3.05. The van der Waals surface area contributed by atoms with Gasteiger partial charge in [0, 0.05) is 17.4 Å². The minimum Gasteiger partial charge on any atom is -0.367 e. The van der Waals surface area contributed by atoms with Crippen LogP contribution < -0.4 is 0 Å². The summed E-state index contributed by atoms with van der Waals surface area (Å²) in [5, 5.41) is 1.11. The van der Waals surface area contributed by atoms with Crippen molar-refractivity contribution in [2.45, 2.75) is 33.0 Å². The fourth-order valence-electron chi connectivity index (χ4n) is 3.85. The molecular weight excluding hydrogens is 324 g/mol. The lowest BCUT2D eigenvalue weighted by atomic mass is 10.1. The van der Waals surface area contributed by atoms with Crippen molar-refractivity contribution in [3.05, 3.63) is 70.9 Å². The number of hydrogen-bond acceptors (Lipinski definition) is 2. The Labute approximate surface area is 153 Å². The van der Waals surface area contributed by atoms with Gasteiger partial charge >= 0.3 is 0 Å². The topological polar surface area (TPSA) is 45.3 Å². The second kappa shape index (κ2) is 6.61. The first-order valence-corrected chi connectivity index (χ1v) is 9.11. The van der Waals surface area contributed by atoms with E-state index in [0.717, 1.165) is 16.5 Å². The Balaban J connectivity index is 1.62. The van der Waals surface area contributed by atoms with Crippen LogP contribution in [0.2, 0.25) is 0 Å². The largest absolute Gasteiger partial charge is 0.367 e. The van der Waals surface area contributed by atoms with Crippen molar-refractivity contribution in [1.29, 1.82) is 0 Å². The van der Waals surface area contributed by atoms with Gasteiger partial charge in [-0.15, -0.1) is 0 Å². The maximum absolute atomic E-state index is 13.1. The molecule has 4 heteroatoms. The van der Waals surface area contributed by atoms with Gasteiger partial charge in [-0.1, -0.05) is 36.4 Å². The molecule has 26 heavy (non-hydrogen) atoms. The van der Waals surface area contributed by atoms with Crippen molar-refractivity contribution in [2.75, 3.05) is 13.1 Å². The molecule has 0 bridgehead atoms. The minimum absolute atomic E-state index is 0.00580. The van der Waals surface area contributed by atoms with Crippen LogP contribution in [-0.4, -0.2) is 35.0 Å². The van der Waals surface area contributed by atoms with E-state index < -0.39 is 0 Å². The molecule has 1 amide bonds. The van der Waals surface area contributed by atoms with Crippen LogP contribution in [0.25, 0.3) is 10.9 Å². The van der Waals surface area contributed by atoms with Crippen LogP contribution in [0.1, 0.15) is 40.2 Å². The first-order chi connectivity index (χ1) is 12.5. The number of benzene rings is 2.